The van der Waals surface area contributed by atoms with E-state index in [-0.39, 0.29) is 0 Å². The monoisotopic (exact) mass is 663 g/mol. The number of benzene rings is 7. The number of hydrogen-bond donors (Lipinski definition) is 0. The molecule has 0 aliphatic heterocycles. The van der Waals surface area contributed by atoms with Crippen LogP contribution in [0.3, 0.4) is 0 Å². The SMILES string of the molecule is c1ccc(-c2cc(-c3ccccc3)nc(-c3cccc(-n4c5ccccc5c5cc6nc7c8ccccc8c8ccccc8n7c6cc54)c3)n2)cc1. The zero-order valence-corrected chi connectivity index (χ0v) is 28.0. The van der Waals surface area contributed by atoms with Crippen molar-refractivity contribution in [1.82, 2.24) is 23.9 Å². The predicted molar refractivity (Wildman–Crippen MR) is 214 cm³/mol. The average molecular weight is 664 g/mol. The van der Waals surface area contributed by atoms with Crippen molar-refractivity contribution in [2.24, 2.45) is 0 Å². The maximum atomic E-state index is 5.29. The summed E-state index contributed by atoms with van der Waals surface area (Å²) in [5.41, 5.74) is 12.3. The van der Waals surface area contributed by atoms with Crippen molar-refractivity contribution in [3.63, 3.8) is 0 Å². The molecule has 0 amide bonds. The van der Waals surface area contributed by atoms with Gasteiger partial charge in [-0.25, -0.2) is 15.0 Å². The summed E-state index contributed by atoms with van der Waals surface area (Å²) < 4.78 is 4.70. The molecule has 11 aromatic rings. The molecule has 0 aliphatic carbocycles. The van der Waals surface area contributed by atoms with Crippen molar-refractivity contribution >= 4 is 60.2 Å². The molecule has 0 N–H and O–H groups in total. The standard InChI is InChI=1S/C47H29N5/c1-3-14-30(15-4-1)39-28-40(31-16-5-2-6-17-31)49-46(48-39)32-18-13-19-33(26-32)51-42-24-11-10-22-36(42)38-27-41-45(29-44(38)51)52-43-25-12-9-21-35(43)34-20-7-8-23-37(34)47(52)50-41/h1-29H. The van der Waals surface area contributed by atoms with Gasteiger partial charge in [0.1, 0.15) is 5.65 Å². The van der Waals surface area contributed by atoms with E-state index < -0.39 is 0 Å². The van der Waals surface area contributed by atoms with Gasteiger partial charge < -0.3 is 4.57 Å². The minimum atomic E-state index is 0.686. The summed E-state index contributed by atoms with van der Waals surface area (Å²) in [5, 5.41) is 5.93. The van der Waals surface area contributed by atoms with Crippen LogP contribution in [-0.4, -0.2) is 23.9 Å². The molecule has 0 radical (unpaired) electrons. The zero-order valence-electron chi connectivity index (χ0n) is 28.0. The van der Waals surface area contributed by atoms with E-state index in [1.807, 2.05) is 36.4 Å². The molecule has 0 atom stereocenters. The Morgan fingerprint density at radius 1 is 0.346 bits per heavy atom. The minimum Gasteiger partial charge on any atom is -0.309 e. The Bertz CT molecular complexity index is 3120. The molecule has 4 heterocycles. The van der Waals surface area contributed by atoms with Gasteiger partial charge >= 0.3 is 0 Å². The van der Waals surface area contributed by atoms with Gasteiger partial charge in [0.15, 0.2) is 5.82 Å². The normalized spacial score (nSPS) is 11.8. The first-order valence-corrected chi connectivity index (χ1v) is 17.5. The molecule has 5 heteroatoms. The van der Waals surface area contributed by atoms with Crippen molar-refractivity contribution < 1.29 is 0 Å². The summed E-state index contributed by atoms with van der Waals surface area (Å²) in [5.74, 6) is 0.686. The molecule has 242 valence electrons. The molecule has 0 fully saturated rings. The molecule has 52 heavy (non-hydrogen) atoms. The van der Waals surface area contributed by atoms with E-state index in [9.17, 15) is 0 Å². The van der Waals surface area contributed by atoms with E-state index in [2.05, 4.69) is 148 Å². The van der Waals surface area contributed by atoms with Crippen LogP contribution in [0.25, 0.3) is 99.8 Å². The summed E-state index contributed by atoms with van der Waals surface area (Å²) in [6, 6.07) is 61.8. The van der Waals surface area contributed by atoms with Crippen LogP contribution in [0.4, 0.5) is 0 Å². The highest BCUT2D eigenvalue weighted by molar-refractivity contribution is 6.17. The van der Waals surface area contributed by atoms with E-state index >= 15 is 0 Å². The first-order chi connectivity index (χ1) is 25.8. The van der Waals surface area contributed by atoms with E-state index in [0.717, 1.165) is 72.4 Å². The molecule has 0 spiro atoms. The summed E-state index contributed by atoms with van der Waals surface area (Å²) in [6.07, 6.45) is 0. The number of aromatic nitrogens is 5. The lowest BCUT2D eigenvalue weighted by Crippen LogP contribution is -1.98. The zero-order chi connectivity index (χ0) is 34.2. The minimum absolute atomic E-state index is 0.686. The lowest BCUT2D eigenvalue weighted by Gasteiger charge is -2.12. The number of para-hydroxylation sites is 2. The topological polar surface area (TPSA) is 48.0 Å². The third-order valence-corrected chi connectivity index (χ3v) is 10.3. The van der Waals surface area contributed by atoms with Crippen LogP contribution < -0.4 is 0 Å². The maximum absolute atomic E-state index is 5.29. The second-order valence-electron chi connectivity index (χ2n) is 13.3. The fraction of sp³-hybridized carbons (Fsp3) is 0. The smallest absolute Gasteiger partial charge is 0.160 e. The van der Waals surface area contributed by atoms with Crippen LogP contribution in [-0.2, 0) is 0 Å². The number of pyridine rings is 1. The van der Waals surface area contributed by atoms with Crippen LogP contribution in [0.15, 0.2) is 176 Å². The Kier molecular flexibility index (Phi) is 6.18. The Morgan fingerprint density at radius 2 is 0.923 bits per heavy atom. The van der Waals surface area contributed by atoms with Gasteiger partial charge in [0.25, 0.3) is 0 Å². The number of hydrogen-bond acceptors (Lipinski definition) is 3. The number of rotatable bonds is 4. The predicted octanol–water partition coefficient (Wildman–Crippen LogP) is 11.7. The lowest BCUT2D eigenvalue weighted by atomic mass is 10.1. The highest BCUT2D eigenvalue weighted by Crippen LogP contribution is 2.38. The quantitative estimate of drug-likeness (QED) is 0.176. The summed E-state index contributed by atoms with van der Waals surface area (Å²) >= 11 is 0. The Hall–Kier alpha value is -7.11. The van der Waals surface area contributed by atoms with E-state index in [1.54, 1.807) is 0 Å². The Balaban J connectivity index is 1.17. The van der Waals surface area contributed by atoms with Crippen molar-refractivity contribution in [3.05, 3.63) is 176 Å². The van der Waals surface area contributed by atoms with Gasteiger partial charge in [0, 0.05) is 43.9 Å². The number of nitrogens with zero attached hydrogens (tertiary/aromatic N) is 5. The molecular formula is C47H29N5. The van der Waals surface area contributed by atoms with Gasteiger partial charge in [-0.1, -0.05) is 133 Å². The van der Waals surface area contributed by atoms with Gasteiger partial charge in [-0.05, 0) is 47.9 Å². The maximum Gasteiger partial charge on any atom is 0.160 e. The van der Waals surface area contributed by atoms with Gasteiger partial charge in [-0.3, -0.25) is 4.40 Å². The third-order valence-electron chi connectivity index (χ3n) is 10.3. The van der Waals surface area contributed by atoms with Gasteiger partial charge in [-0.2, -0.15) is 0 Å². The van der Waals surface area contributed by atoms with Gasteiger partial charge in [-0.15, -0.1) is 0 Å². The molecule has 5 nitrogen and oxygen atoms in total. The second-order valence-corrected chi connectivity index (χ2v) is 13.3. The molecule has 0 aliphatic rings. The highest BCUT2D eigenvalue weighted by atomic mass is 15.0. The fourth-order valence-electron chi connectivity index (χ4n) is 7.93. The Labute approximate surface area is 298 Å². The molecular weight excluding hydrogens is 635 g/mol. The third kappa shape index (κ3) is 4.33. The molecule has 0 unspecified atom stereocenters. The molecule has 0 bridgehead atoms. The van der Waals surface area contributed by atoms with Crippen molar-refractivity contribution in [2.75, 3.05) is 0 Å². The summed E-state index contributed by atoms with van der Waals surface area (Å²) in [4.78, 5) is 15.6. The van der Waals surface area contributed by atoms with Crippen LogP contribution in [0.5, 0.6) is 0 Å². The summed E-state index contributed by atoms with van der Waals surface area (Å²) in [6.45, 7) is 0. The molecule has 4 aromatic heterocycles. The van der Waals surface area contributed by atoms with Crippen molar-refractivity contribution in [3.8, 4) is 39.6 Å². The number of fused-ring (bicyclic) bond motifs is 11. The fourth-order valence-corrected chi connectivity index (χ4v) is 7.93. The molecule has 11 rings (SSSR count). The molecule has 0 saturated heterocycles. The van der Waals surface area contributed by atoms with E-state index in [1.165, 1.54) is 21.5 Å². The van der Waals surface area contributed by atoms with Crippen molar-refractivity contribution in [1.29, 1.82) is 0 Å². The average Bonchev–Trinajstić information content (AvgIpc) is 3.76. The van der Waals surface area contributed by atoms with Gasteiger partial charge in [0.2, 0.25) is 0 Å². The number of imidazole rings is 1. The molecule has 0 saturated carbocycles. The van der Waals surface area contributed by atoms with E-state index in [4.69, 9.17) is 15.0 Å². The van der Waals surface area contributed by atoms with Crippen LogP contribution in [0.1, 0.15) is 0 Å². The van der Waals surface area contributed by atoms with E-state index in [0.29, 0.717) is 5.82 Å². The second kappa shape index (κ2) is 11.2. The van der Waals surface area contributed by atoms with Crippen LogP contribution in [0, 0.1) is 0 Å². The molecule has 7 aromatic carbocycles. The largest absolute Gasteiger partial charge is 0.309 e. The van der Waals surface area contributed by atoms with Crippen molar-refractivity contribution in [2.45, 2.75) is 0 Å². The van der Waals surface area contributed by atoms with Gasteiger partial charge in [0.05, 0.1) is 39.0 Å². The first kappa shape index (κ1) is 28.7. The highest BCUT2D eigenvalue weighted by Gasteiger charge is 2.19. The first-order valence-electron chi connectivity index (χ1n) is 17.5. The lowest BCUT2D eigenvalue weighted by molar-refractivity contribution is 1.16. The Morgan fingerprint density at radius 3 is 1.63 bits per heavy atom. The van der Waals surface area contributed by atoms with Crippen LogP contribution in [0.2, 0.25) is 0 Å². The van der Waals surface area contributed by atoms with Crippen LogP contribution >= 0.6 is 0 Å². The summed E-state index contributed by atoms with van der Waals surface area (Å²) in [7, 11) is 0.